The summed E-state index contributed by atoms with van der Waals surface area (Å²) < 4.78 is 0. The first-order valence-corrected chi connectivity index (χ1v) is 8.56. The highest BCUT2D eigenvalue weighted by Crippen LogP contribution is 2.29. The zero-order valence-electron chi connectivity index (χ0n) is 14.3. The molecule has 0 radical (unpaired) electrons. The summed E-state index contributed by atoms with van der Waals surface area (Å²) >= 11 is 5.88. The minimum atomic E-state index is -0.972. The maximum atomic E-state index is 12.8. The molecular weight excluding hydrogens is 338 g/mol. The molecule has 1 N–H and O–H groups in total. The van der Waals surface area contributed by atoms with E-state index in [9.17, 15) is 9.59 Å². The molecule has 130 valence electrons. The van der Waals surface area contributed by atoms with Gasteiger partial charge in [0.25, 0.3) is 5.91 Å². The zero-order chi connectivity index (χ0) is 18.0. The Bertz CT molecular complexity index is 795. The highest BCUT2D eigenvalue weighted by molar-refractivity contribution is 6.30. The standard InChI is InChI=1S/C19H20ClN3O2/c1-13-3-8-16-22-17(24)11-19(2,23(16)12-13)18(25)21-10-9-14-4-6-15(20)7-5-14/h3-8,12H,9-11H2,1-2H3,(H,21,25). The van der Waals surface area contributed by atoms with Gasteiger partial charge in [0.2, 0.25) is 5.91 Å². The number of fused-ring (bicyclic) bond motifs is 1. The van der Waals surface area contributed by atoms with Gasteiger partial charge in [0.05, 0.1) is 6.42 Å². The van der Waals surface area contributed by atoms with Crippen LogP contribution in [-0.4, -0.2) is 34.6 Å². The molecule has 0 bridgehead atoms. The molecule has 5 nitrogen and oxygen atoms in total. The summed E-state index contributed by atoms with van der Waals surface area (Å²) in [7, 11) is 0. The van der Waals surface area contributed by atoms with Crippen LogP contribution in [0.25, 0.3) is 0 Å². The fourth-order valence-corrected chi connectivity index (χ4v) is 3.11. The second-order valence-electron chi connectivity index (χ2n) is 6.52. The molecule has 6 heteroatoms. The molecule has 1 aromatic rings. The van der Waals surface area contributed by atoms with E-state index in [1.807, 2.05) is 43.5 Å². The molecule has 3 rings (SSSR count). The molecular formula is C19H20ClN3O2. The van der Waals surface area contributed by atoms with Crippen molar-refractivity contribution in [3.05, 3.63) is 58.8 Å². The molecule has 1 aromatic carbocycles. The molecule has 2 heterocycles. The Kier molecular flexibility index (Phi) is 4.77. The quantitative estimate of drug-likeness (QED) is 0.901. The summed E-state index contributed by atoms with van der Waals surface area (Å²) in [5.74, 6) is 0.0537. The van der Waals surface area contributed by atoms with Crippen molar-refractivity contribution >= 4 is 29.3 Å². The van der Waals surface area contributed by atoms with Gasteiger partial charge in [-0.25, -0.2) is 0 Å². The van der Waals surface area contributed by atoms with Crippen LogP contribution in [0.5, 0.6) is 0 Å². The van der Waals surface area contributed by atoms with Crippen LogP contribution in [0.3, 0.4) is 0 Å². The predicted molar refractivity (Wildman–Crippen MR) is 98.4 cm³/mol. The Morgan fingerprint density at radius 1 is 1.32 bits per heavy atom. The number of amides is 2. The number of halogens is 1. The van der Waals surface area contributed by atoms with E-state index in [0.29, 0.717) is 23.8 Å². The Labute approximate surface area is 152 Å². The normalized spacial score (nSPS) is 22.2. The number of carbonyl (C=O) groups is 2. The van der Waals surface area contributed by atoms with Gasteiger partial charge in [0.1, 0.15) is 11.4 Å². The number of nitrogens with zero attached hydrogens (tertiary/aromatic N) is 2. The number of rotatable bonds is 4. The zero-order valence-corrected chi connectivity index (χ0v) is 15.0. The number of hydrogen-bond acceptors (Lipinski definition) is 3. The lowest BCUT2D eigenvalue weighted by Crippen LogP contribution is -2.60. The average Bonchev–Trinajstić information content (AvgIpc) is 2.57. The van der Waals surface area contributed by atoms with Crippen molar-refractivity contribution in [1.29, 1.82) is 0 Å². The molecule has 2 aliphatic rings. The highest BCUT2D eigenvalue weighted by Gasteiger charge is 2.45. The van der Waals surface area contributed by atoms with Crippen LogP contribution in [-0.2, 0) is 16.0 Å². The lowest BCUT2D eigenvalue weighted by atomic mass is 9.90. The first kappa shape index (κ1) is 17.4. The van der Waals surface area contributed by atoms with Crippen LogP contribution >= 0.6 is 11.6 Å². The number of nitrogens with one attached hydrogen (secondary N) is 1. The van der Waals surface area contributed by atoms with E-state index in [2.05, 4.69) is 10.3 Å². The van der Waals surface area contributed by atoms with E-state index < -0.39 is 5.54 Å². The van der Waals surface area contributed by atoms with Crippen molar-refractivity contribution in [3.8, 4) is 0 Å². The van der Waals surface area contributed by atoms with Gasteiger partial charge in [0, 0.05) is 17.8 Å². The number of benzene rings is 1. The second kappa shape index (κ2) is 6.84. The second-order valence-corrected chi connectivity index (χ2v) is 6.96. The van der Waals surface area contributed by atoms with Crippen molar-refractivity contribution < 1.29 is 9.59 Å². The number of allylic oxidation sites excluding steroid dienone is 2. The van der Waals surface area contributed by atoms with E-state index in [0.717, 1.165) is 11.1 Å². The van der Waals surface area contributed by atoms with Crippen molar-refractivity contribution in [1.82, 2.24) is 10.2 Å². The topological polar surface area (TPSA) is 61.8 Å². The lowest BCUT2D eigenvalue weighted by molar-refractivity contribution is -0.134. The van der Waals surface area contributed by atoms with Crippen LogP contribution in [0.4, 0.5) is 0 Å². The van der Waals surface area contributed by atoms with Crippen LogP contribution in [0.1, 0.15) is 25.8 Å². The summed E-state index contributed by atoms with van der Waals surface area (Å²) in [5.41, 5.74) is 1.13. The third kappa shape index (κ3) is 3.66. The van der Waals surface area contributed by atoms with Gasteiger partial charge in [-0.15, -0.1) is 0 Å². The summed E-state index contributed by atoms with van der Waals surface area (Å²) in [4.78, 5) is 30.6. The summed E-state index contributed by atoms with van der Waals surface area (Å²) in [6.07, 6.45) is 6.27. The van der Waals surface area contributed by atoms with E-state index in [4.69, 9.17) is 11.6 Å². The predicted octanol–water partition coefficient (Wildman–Crippen LogP) is 2.86. The minimum absolute atomic E-state index is 0.0564. The summed E-state index contributed by atoms with van der Waals surface area (Å²) in [6.45, 7) is 4.21. The third-order valence-electron chi connectivity index (χ3n) is 4.44. The molecule has 1 atom stereocenters. The van der Waals surface area contributed by atoms with Gasteiger partial charge in [-0.2, -0.15) is 4.99 Å². The van der Waals surface area contributed by atoms with E-state index in [-0.39, 0.29) is 18.2 Å². The Hall–Kier alpha value is -2.40. The maximum absolute atomic E-state index is 12.8. The number of amidine groups is 1. The molecule has 0 spiro atoms. The number of aliphatic imine (C=N–C) groups is 1. The molecule has 0 saturated carbocycles. The van der Waals surface area contributed by atoms with Gasteiger partial charge in [0.15, 0.2) is 0 Å². The lowest BCUT2D eigenvalue weighted by Gasteiger charge is -2.42. The minimum Gasteiger partial charge on any atom is -0.354 e. The SMILES string of the molecule is CC1=CN2C(=NC(=O)CC2(C)C(=O)NCCc2ccc(Cl)cc2)C=C1. The monoisotopic (exact) mass is 357 g/mol. The fraction of sp³-hybridized carbons (Fsp3) is 0.316. The molecule has 0 fully saturated rings. The molecule has 2 aliphatic heterocycles. The molecule has 0 aromatic heterocycles. The first-order valence-electron chi connectivity index (χ1n) is 8.18. The molecule has 2 amide bonds. The van der Waals surface area contributed by atoms with Crippen LogP contribution in [0, 0.1) is 0 Å². The number of carbonyl (C=O) groups excluding carboxylic acids is 2. The average molecular weight is 358 g/mol. The van der Waals surface area contributed by atoms with Crippen LogP contribution in [0.15, 0.2) is 53.2 Å². The smallest absolute Gasteiger partial charge is 0.250 e. The Morgan fingerprint density at radius 2 is 2.04 bits per heavy atom. The maximum Gasteiger partial charge on any atom is 0.250 e. The fourth-order valence-electron chi connectivity index (χ4n) is 2.98. The van der Waals surface area contributed by atoms with Crippen molar-refractivity contribution in [3.63, 3.8) is 0 Å². The Balaban J connectivity index is 1.69. The van der Waals surface area contributed by atoms with Gasteiger partial charge in [-0.3, -0.25) is 9.59 Å². The molecule has 1 unspecified atom stereocenters. The van der Waals surface area contributed by atoms with E-state index in [1.165, 1.54) is 0 Å². The van der Waals surface area contributed by atoms with Gasteiger partial charge >= 0.3 is 0 Å². The van der Waals surface area contributed by atoms with Crippen molar-refractivity contribution in [2.45, 2.75) is 32.2 Å². The van der Waals surface area contributed by atoms with Gasteiger partial charge < -0.3 is 10.2 Å². The molecule has 0 aliphatic carbocycles. The first-order chi connectivity index (χ1) is 11.9. The van der Waals surface area contributed by atoms with E-state index in [1.54, 1.807) is 17.9 Å². The van der Waals surface area contributed by atoms with Crippen molar-refractivity contribution in [2.24, 2.45) is 4.99 Å². The number of hydrogen-bond donors (Lipinski definition) is 1. The summed E-state index contributed by atoms with van der Waals surface area (Å²) in [5, 5.41) is 3.64. The largest absolute Gasteiger partial charge is 0.354 e. The van der Waals surface area contributed by atoms with Crippen LogP contribution in [0.2, 0.25) is 5.02 Å². The van der Waals surface area contributed by atoms with Crippen molar-refractivity contribution in [2.75, 3.05) is 6.54 Å². The third-order valence-corrected chi connectivity index (χ3v) is 4.69. The highest BCUT2D eigenvalue weighted by atomic mass is 35.5. The molecule has 25 heavy (non-hydrogen) atoms. The van der Waals surface area contributed by atoms with Gasteiger partial charge in [-0.1, -0.05) is 29.8 Å². The van der Waals surface area contributed by atoms with E-state index >= 15 is 0 Å². The Morgan fingerprint density at radius 3 is 2.76 bits per heavy atom. The molecule has 0 saturated heterocycles. The van der Waals surface area contributed by atoms with Crippen LogP contribution < -0.4 is 5.32 Å². The van der Waals surface area contributed by atoms with Gasteiger partial charge in [-0.05, 0) is 49.6 Å². The summed E-state index contributed by atoms with van der Waals surface area (Å²) in [6, 6.07) is 7.53.